The second kappa shape index (κ2) is 8.36. The van der Waals surface area contributed by atoms with Gasteiger partial charge in [0.05, 0.1) is 5.39 Å². The lowest BCUT2D eigenvalue weighted by Gasteiger charge is -2.18. The molecule has 1 aromatic heterocycles. The van der Waals surface area contributed by atoms with E-state index in [-0.39, 0.29) is 11.5 Å². The Morgan fingerprint density at radius 1 is 1.23 bits per heavy atom. The first-order chi connectivity index (χ1) is 12.2. The molecule has 2 aromatic rings. The van der Waals surface area contributed by atoms with E-state index in [9.17, 15) is 9.59 Å². The van der Waals surface area contributed by atoms with E-state index in [0.717, 1.165) is 29.5 Å². The number of fused-ring (bicyclic) bond motifs is 1. The number of hydrogen-bond donors (Lipinski definition) is 1. The summed E-state index contributed by atoms with van der Waals surface area (Å²) in [5, 5.41) is 3.63. The summed E-state index contributed by atoms with van der Waals surface area (Å²) < 4.78 is 11.3. The smallest absolute Gasteiger partial charge is 0.339 e. The highest BCUT2D eigenvalue weighted by Gasteiger charge is 2.19. The first-order valence-corrected chi connectivity index (χ1v) is 8.84. The van der Waals surface area contributed by atoms with Crippen molar-refractivity contribution in [3.8, 4) is 5.75 Å². The molecule has 0 spiro atoms. The van der Waals surface area contributed by atoms with Crippen molar-refractivity contribution < 1.29 is 13.9 Å². The number of ether oxygens (including phenoxy) is 1. The molecule has 6 heteroatoms. The van der Waals surface area contributed by atoms with Gasteiger partial charge in [0.2, 0.25) is 0 Å². The number of benzene rings is 1. The van der Waals surface area contributed by atoms with Gasteiger partial charge in [-0.1, -0.05) is 0 Å². The molecule has 1 heterocycles. The van der Waals surface area contributed by atoms with Crippen LogP contribution >= 0.6 is 0 Å². The van der Waals surface area contributed by atoms with Crippen LogP contribution in [0.25, 0.3) is 11.0 Å². The molecule has 0 aliphatic carbocycles. The van der Waals surface area contributed by atoms with Gasteiger partial charge in [-0.3, -0.25) is 4.79 Å². The van der Waals surface area contributed by atoms with Crippen molar-refractivity contribution >= 4 is 16.9 Å². The van der Waals surface area contributed by atoms with Gasteiger partial charge in [0.1, 0.15) is 11.3 Å². The fraction of sp³-hybridized carbons (Fsp3) is 0.500. The second-order valence-electron chi connectivity index (χ2n) is 6.98. The lowest BCUT2D eigenvalue weighted by Crippen LogP contribution is -2.37. The fourth-order valence-electron chi connectivity index (χ4n) is 2.78. The molecule has 0 unspecified atom stereocenters. The van der Waals surface area contributed by atoms with E-state index in [0.29, 0.717) is 23.4 Å². The molecule has 1 N–H and O–H groups in total. The number of carbonyl (C=O) groups is 1. The van der Waals surface area contributed by atoms with Crippen molar-refractivity contribution in [2.24, 2.45) is 0 Å². The number of nitrogens with zero attached hydrogens (tertiary/aromatic N) is 1. The molecule has 142 valence electrons. The van der Waals surface area contributed by atoms with E-state index in [1.165, 1.54) is 0 Å². The Balaban J connectivity index is 2.20. The maximum absolute atomic E-state index is 12.3. The minimum Gasteiger partial charge on any atom is -0.480 e. The van der Waals surface area contributed by atoms with Gasteiger partial charge in [0.25, 0.3) is 5.91 Å². The molecule has 26 heavy (non-hydrogen) atoms. The molecule has 0 aliphatic rings. The van der Waals surface area contributed by atoms with Crippen LogP contribution in [0.2, 0.25) is 0 Å². The Morgan fingerprint density at radius 2 is 1.92 bits per heavy atom. The zero-order valence-corrected chi connectivity index (χ0v) is 16.4. The van der Waals surface area contributed by atoms with Crippen molar-refractivity contribution in [3.05, 3.63) is 39.2 Å². The van der Waals surface area contributed by atoms with E-state index < -0.39 is 6.10 Å². The van der Waals surface area contributed by atoms with Gasteiger partial charge >= 0.3 is 5.63 Å². The topological polar surface area (TPSA) is 71.8 Å². The zero-order valence-electron chi connectivity index (χ0n) is 16.4. The first kappa shape index (κ1) is 20.0. The summed E-state index contributed by atoms with van der Waals surface area (Å²) >= 11 is 0. The van der Waals surface area contributed by atoms with Crippen LogP contribution in [0.15, 0.2) is 21.3 Å². The van der Waals surface area contributed by atoms with Crippen molar-refractivity contribution in [3.63, 3.8) is 0 Å². The summed E-state index contributed by atoms with van der Waals surface area (Å²) in [6.07, 6.45) is 0.230. The Morgan fingerprint density at radius 3 is 2.58 bits per heavy atom. The molecular formula is C20H28N2O4. The molecule has 0 radical (unpaired) electrons. The molecule has 0 fully saturated rings. The second-order valence-corrected chi connectivity index (χ2v) is 6.98. The number of aryl methyl sites for hydroxylation is 2. The quantitative estimate of drug-likeness (QED) is 0.607. The molecule has 0 bridgehead atoms. The Labute approximate surface area is 154 Å². The third-order valence-electron chi connectivity index (χ3n) is 4.41. The molecule has 2 rings (SSSR count). The summed E-state index contributed by atoms with van der Waals surface area (Å²) in [4.78, 5) is 26.3. The Hall–Kier alpha value is -2.34. The number of amides is 1. The summed E-state index contributed by atoms with van der Waals surface area (Å²) in [5.41, 5.74) is 2.39. The van der Waals surface area contributed by atoms with Crippen LogP contribution in [0.5, 0.6) is 5.75 Å². The zero-order chi connectivity index (χ0) is 19.4. The highest BCUT2D eigenvalue weighted by molar-refractivity contribution is 5.89. The molecule has 0 aliphatic heterocycles. The Bertz CT molecular complexity index is 855. The minimum atomic E-state index is -0.647. The van der Waals surface area contributed by atoms with Crippen LogP contribution in [0, 0.1) is 20.8 Å². The standard InChI is InChI=1S/C20H28N2O4/c1-12-10-16(18-13(2)14(3)20(24)26-17(18)11-12)25-15(4)19(23)21-8-7-9-22(5)6/h10-11,15H,7-9H2,1-6H3,(H,21,23)/t15-/m0/s1. The van der Waals surface area contributed by atoms with E-state index in [4.69, 9.17) is 9.15 Å². The molecule has 6 nitrogen and oxygen atoms in total. The maximum Gasteiger partial charge on any atom is 0.339 e. The summed E-state index contributed by atoms with van der Waals surface area (Å²) in [6, 6.07) is 3.67. The number of nitrogens with one attached hydrogen (secondary N) is 1. The summed E-state index contributed by atoms with van der Waals surface area (Å²) in [7, 11) is 4.00. The van der Waals surface area contributed by atoms with Crippen LogP contribution in [0.3, 0.4) is 0 Å². The van der Waals surface area contributed by atoms with Gasteiger partial charge in [-0.15, -0.1) is 0 Å². The van der Waals surface area contributed by atoms with Crippen LogP contribution in [-0.4, -0.2) is 44.1 Å². The van der Waals surface area contributed by atoms with Gasteiger partial charge in [0.15, 0.2) is 6.10 Å². The van der Waals surface area contributed by atoms with Gasteiger partial charge in [-0.05, 0) is 78.0 Å². The number of carbonyl (C=O) groups excluding carboxylic acids is 1. The monoisotopic (exact) mass is 360 g/mol. The molecule has 0 saturated carbocycles. The highest BCUT2D eigenvalue weighted by atomic mass is 16.5. The minimum absolute atomic E-state index is 0.162. The van der Waals surface area contributed by atoms with Crippen molar-refractivity contribution in [1.82, 2.24) is 10.2 Å². The fourth-order valence-corrected chi connectivity index (χ4v) is 2.78. The van der Waals surface area contributed by atoms with Crippen molar-refractivity contribution in [2.45, 2.75) is 40.2 Å². The van der Waals surface area contributed by atoms with Crippen molar-refractivity contribution in [1.29, 1.82) is 0 Å². The van der Waals surface area contributed by atoms with Gasteiger partial charge < -0.3 is 19.4 Å². The third-order valence-corrected chi connectivity index (χ3v) is 4.41. The van der Waals surface area contributed by atoms with Crippen LogP contribution in [0.1, 0.15) is 30.0 Å². The van der Waals surface area contributed by atoms with E-state index in [1.807, 2.05) is 40.1 Å². The van der Waals surface area contributed by atoms with Gasteiger partial charge in [-0.25, -0.2) is 4.79 Å². The predicted molar refractivity (Wildman–Crippen MR) is 103 cm³/mol. The summed E-state index contributed by atoms with van der Waals surface area (Å²) in [5.74, 6) is 0.394. The third kappa shape index (κ3) is 4.64. The van der Waals surface area contributed by atoms with Crippen LogP contribution in [0.4, 0.5) is 0 Å². The predicted octanol–water partition coefficient (Wildman–Crippen LogP) is 2.55. The summed E-state index contributed by atoms with van der Waals surface area (Å²) in [6.45, 7) is 8.72. The molecular weight excluding hydrogens is 332 g/mol. The normalized spacial score (nSPS) is 12.4. The van der Waals surface area contributed by atoms with E-state index in [2.05, 4.69) is 10.2 Å². The molecule has 1 atom stereocenters. The maximum atomic E-state index is 12.3. The molecule has 0 saturated heterocycles. The van der Waals surface area contributed by atoms with Crippen LogP contribution < -0.4 is 15.7 Å². The van der Waals surface area contributed by atoms with E-state index >= 15 is 0 Å². The lowest BCUT2D eigenvalue weighted by molar-refractivity contribution is -0.127. The first-order valence-electron chi connectivity index (χ1n) is 8.84. The molecule has 1 aromatic carbocycles. The average molecular weight is 360 g/mol. The van der Waals surface area contributed by atoms with E-state index in [1.54, 1.807) is 13.8 Å². The van der Waals surface area contributed by atoms with Gasteiger partial charge in [0, 0.05) is 12.1 Å². The highest BCUT2D eigenvalue weighted by Crippen LogP contribution is 2.31. The number of rotatable bonds is 7. The van der Waals surface area contributed by atoms with Gasteiger partial charge in [-0.2, -0.15) is 0 Å². The van der Waals surface area contributed by atoms with Crippen molar-refractivity contribution in [2.75, 3.05) is 27.2 Å². The van der Waals surface area contributed by atoms with Crippen LogP contribution in [-0.2, 0) is 4.79 Å². The molecule has 1 amide bonds. The largest absolute Gasteiger partial charge is 0.480 e. The average Bonchev–Trinajstić information content (AvgIpc) is 2.55. The number of hydrogen-bond acceptors (Lipinski definition) is 5. The lowest BCUT2D eigenvalue weighted by atomic mass is 10.0. The SMILES string of the molecule is Cc1cc(O[C@@H](C)C(=O)NCCCN(C)C)c2c(C)c(C)c(=O)oc2c1. The Kier molecular flexibility index (Phi) is 6.42.